The Kier molecular flexibility index (Phi) is 4.45. The smallest absolute Gasteiger partial charge is 0.123 e. The van der Waals surface area contributed by atoms with Crippen molar-refractivity contribution < 1.29 is 0 Å². The second-order valence-corrected chi connectivity index (χ2v) is 6.68. The van der Waals surface area contributed by atoms with E-state index < -0.39 is 0 Å². The minimum Gasteiger partial charge on any atom is -0.384 e. The van der Waals surface area contributed by atoms with Gasteiger partial charge in [0.05, 0.1) is 0 Å². The van der Waals surface area contributed by atoms with Crippen LogP contribution in [0.25, 0.3) is 22.3 Å². The van der Waals surface area contributed by atoms with E-state index in [0.717, 1.165) is 16.7 Å². The Balaban J connectivity index is 2.47. The van der Waals surface area contributed by atoms with Crippen LogP contribution in [-0.4, -0.2) is 5.84 Å². The van der Waals surface area contributed by atoms with Crippen LogP contribution in [0.5, 0.6) is 0 Å². The number of hydrogen-bond acceptors (Lipinski definition) is 1. The summed E-state index contributed by atoms with van der Waals surface area (Å²) in [7, 11) is 0. The van der Waals surface area contributed by atoms with E-state index in [1.165, 1.54) is 33.4 Å². The van der Waals surface area contributed by atoms with Gasteiger partial charge in [-0.3, -0.25) is 5.41 Å². The van der Waals surface area contributed by atoms with Crippen LogP contribution in [-0.2, 0) is 0 Å². The van der Waals surface area contributed by atoms with Crippen LogP contribution in [0.3, 0.4) is 0 Å². The van der Waals surface area contributed by atoms with Crippen molar-refractivity contribution in [3.63, 3.8) is 0 Å². The first-order valence-electron chi connectivity index (χ1n) is 8.52. The maximum absolute atomic E-state index is 8.11. The summed E-state index contributed by atoms with van der Waals surface area (Å²) < 4.78 is 0. The quantitative estimate of drug-likeness (QED) is 0.481. The lowest BCUT2D eigenvalue weighted by atomic mass is 9.83. The van der Waals surface area contributed by atoms with Gasteiger partial charge in [0.15, 0.2) is 0 Å². The SMILES string of the molecule is Cc1cccc(C)c1-c1cccc(C(=N)N)c1-c1c(C)cccc1C. The molecule has 126 valence electrons. The summed E-state index contributed by atoms with van der Waals surface area (Å²) in [6, 6.07) is 18.7. The zero-order valence-electron chi connectivity index (χ0n) is 15.3. The lowest BCUT2D eigenvalue weighted by Crippen LogP contribution is -2.13. The molecule has 0 saturated carbocycles. The van der Waals surface area contributed by atoms with Gasteiger partial charge in [-0.15, -0.1) is 0 Å². The van der Waals surface area contributed by atoms with Crippen LogP contribution < -0.4 is 5.73 Å². The average Bonchev–Trinajstić information content (AvgIpc) is 2.55. The van der Waals surface area contributed by atoms with Crippen molar-refractivity contribution in [2.45, 2.75) is 27.7 Å². The molecule has 3 N–H and O–H groups in total. The van der Waals surface area contributed by atoms with Crippen LogP contribution in [0.15, 0.2) is 54.6 Å². The van der Waals surface area contributed by atoms with E-state index in [1.807, 2.05) is 12.1 Å². The van der Waals surface area contributed by atoms with Crippen molar-refractivity contribution in [3.8, 4) is 22.3 Å². The minimum absolute atomic E-state index is 0.103. The lowest BCUT2D eigenvalue weighted by molar-refractivity contribution is 1.34. The van der Waals surface area contributed by atoms with Gasteiger partial charge in [0.2, 0.25) is 0 Å². The van der Waals surface area contributed by atoms with E-state index in [0.29, 0.717) is 0 Å². The first kappa shape index (κ1) is 17.0. The maximum atomic E-state index is 8.11. The molecule has 2 heteroatoms. The van der Waals surface area contributed by atoms with Crippen molar-refractivity contribution in [2.75, 3.05) is 0 Å². The number of nitrogens with two attached hydrogens (primary N) is 1. The molecule has 0 fully saturated rings. The van der Waals surface area contributed by atoms with Crippen LogP contribution >= 0.6 is 0 Å². The molecule has 0 unspecified atom stereocenters. The van der Waals surface area contributed by atoms with Gasteiger partial charge in [-0.25, -0.2) is 0 Å². The van der Waals surface area contributed by atoms with Crippen molar-refractivity contribution >= 4 is 5.84 Å². The van der Waals surface area contributed by atoms with Gasteiger partial charge in [-0.1, -0.05) is 54.6 Å². The second-order valence-electron chi connectivity index (χ2n) is 6.68. The van der Waals surface area contributed by atoms with Gasteiger partial charge in [0, 0.05) is 11.1 Å². The number of hydrogen-bond donors (Lipinski definition) is 2. The molecule has 3 aromatic carbocycles. The molecule has 0 aliphatic rings. The highest BCUT2D eigenvalue weighted by atomic mass is 14.7. The monoisotopic (exact) mass is 328 g/mol. The van der Waals surface area contributed by atoms with Crippen molar-refractivity contribution in [3.05, 3.63) is 82.4 Å². The highest BCUT2D eigenvalue weighted by molar-refractivity contribution is 6.06. The summed E-state index contributed by atoms with van der Waals surface area (Å²) in [5.74, 6) is 0.103. The Bertz CT molecular complexity index is 927. The van der Waals surface area contributed by atoms with Crippen LogP contribution in [0.2, 0.25) is 0 Å². The molecule has 25 heavy (non-hydrogen) atoms. The number of aryl methyl sites for hydroxylation is 4. The predicted octanol–water partition coefficient (Wildman–Crippen LogP) is 5.54. The van der Waals surface area contributed by atoms with Gasteiger partial charge in [0.25, 0.3) is 0 Å². The average molecular weight is 328 g/mol. The molecular formula is C23H24N2. The molecular weight excluding hydrogens is 304 g/mol. The fraction of sp³-hybridized carbons (Fsp3) is 0.174. The highest BCUT2D eigenvalue weighted by Gasteiger charge is 2.19. The molecule has 3 rings (SSSR count). The fourth-order valence-electron chi connectivity index (χ4n) is 3.70. The zero-order valence-corrected chi connectivity index (χ0v) is 15.3. The standard InChI is InChI=1S/C23H24N2/c1-14-8-5-9-15(2)20(14)18-12-7-13-19(23(24)25)22(18)21-16(3)10-6-11-17(21)4/h5-13H,1-4H3,(H3,24,25). The Hall–Kier alpha value is -2.87. The summed E-state index contributed by atoms with van der Waals surface area (Å²) in [6.07, 6.45) is 0. The molecule has 0 aliphatic carbocycles. The first-order valence-corrected chi connectivity index (χ1v) is 8.52. The molecule has 0 bridgehead atoms. The minimum atomic E-state index is 0.103. The Morgan fingerprint density at radius 1 is 0.640 bits per heavy atom. The van der Waals surface area contributed by atoms with Crippen LogP contribution in [0.1, 0.15) is 27.8 Å². The zero-order chi connectivity index (χ0) is 18.1. The fourth-order valence-corrected chi connectivity index (χ4v) is 3.70. The molecule has 0 saturated heterocycles. The molecule has 0 spiro atoms. The number of nitrogen functional groups attached to an aromatic ring is 1. The molecule has 0 aliphatic heterocycles. The summed E-state index contributed by atoms with van der Waals surface area (Å²) in [4.78, 5) is 0. The normalized spacial score (nSPS) is 10.7. The van der Waals surface area contributed by atoms with Crippen molar-refractivity contribution in [2.24, 2.45) is 5.73 Å². The van der Waals surface area contributed by atoms with Gasteiger partial charge in [0.1, 0.15) is 5.84 Å². The highest BCUT2D eigenvalue weighted by Crippen LogP contribution is 2.40. The van der Waals surface area contributed by atoms with E-state index >= 15 is 0 Å². The third-order valence-electron chi connectivity index (χ3n) is 4.84. The van der Waals surface area contributed by atoms with Crippen LogP contribution in [0.4, 0.5) is 0 Å². The van der Waals surface area contributed by atoms with E-state index in [4.69, 9.17) is 11.1 Å². The Labute approximate surface area is 149 Å². The lowest BCUT2D eigenvalue weighted by Gasteiger charge is -2.21. The summed E-state index contributed by atoms with van der Waals surface area (Å²) in [5.41, 5.74) is 16.2. The molecule has 0 atom stereocenters. The molecule has 0 radical (unpaired) electrons. The Morgan fingerprint density at radius 3 is 1.56 bits per heavy atom. The third kappa shape index (κ3) is 2.96. The van der Waals surface area contributed by atoms with Crippen molar-refractivity contribution in [1.82, 2.24) is 0 Å². The van der Waals surface area contributed by atoms with E-state index in [9.17, 15) is 0 Å². The molecule has 3 aromatic rings. The van der Waals surface area contributed by atoms with Gasteiger partial charge in [-0.05, 0) is 66.6 Å². The molecule has 0 heterocycles. The third-order valence-corrected chi connectivity index (χ3v) is 4.84. The maximum Gasteiger partial charge on any atom is 0.123 e. The second kappa shape index (κ2) is 6.56. The predicted molar refractivity (Wildman–Crippen MR) is 107 cm³/mol. The first-order chi connectivity index (χ1) is 11.9. The van der Waals surface area contributed by atoms with Crippen molar-refractivity contribution in [1.29, 1.82) is 5.41 Å². The summed E-state index contributed by atoms with van der Waals surface area (Å²) in [6.45, 7) is 8.51. The number of amidine groups is 1. The van der Waals surface area contributed by atoms with Gasteiger partial charge in [-0.2, -0.15) is 0 Å². The van der Waals surface area contributed by atoms with Gasteiger partial charge >= 0.3 is 0 Å². The molecule has 0 amide bonds. The number of rotatable bonds is 3. The number of benzene rings is 3. The Morgan fingerprint density at radius 2 is 1.08 bits per heavy atom. The summed E-state index contributed by atoms with van der Waals surface area (Å²) in [5, 5.41) is 8.11. The van der Waals surface area contributed by atoms with E-state index in [1.54, 1.807) is 0 Å². The molecule has 0 aromatic heterocycles. The van der Waals surface area contributed by atoms with E-state index in [-0.39, 0.29) is 5.84 Å². The van der Waals surface area contributed by atoms with Gasteiger partial charge < -0.3 is 5.73 Å². The largest absolute Gasteiger partial charge is 0.384 e. The topological polar surface area (TPSA) is 49.9 Å². The van der Waals surface area contributed by atoms with Crippen LogP contribution in [0, 0.1) is 33.1 Å². The number of nitrogens with one attached hydrogen (secondary N) is 1. The molecule has 2 nitrogen and oxygen atoms in total. The summed E-state index contributed by atoms with van der Waals surface area (Å²) >= 11 is 0. The van der Waals surface area contributed by atoms with E-state index in [2.05, 4.69) is 70.2 Å².